The summed E-state index contributed by atoms with van der Waals surface area (Å²) in [6.07, 6.45) is -0.560. The predicted octanol–water partition coefficient (Wildman–Crippen LogP) is 3.72. The standard InChI is InChI=1S/C25H24F3N5O3S2/c1-31-7-9-32(10-8-31)24-30-23(34)22(37-24)12-16-3-6-21-18(11-16)14-29-33(21)15-17-4-5-19(38(2,35)36)13-20(17)25(26,27)28/h3-6,11-14H,7-10,15H2,1-2H3. The van der Waals surface area contributed by atoms with Gasteiger partial charge in [0.05, 0.1) is 33.6 Å². The molecular weight excluding hydrogens is 539 g/mol. The van der Waals surface area contributed by atoms with E-state index < -0.39 is 26.5 Å². The second-order valence-electron chi connectivity index (χ2n) is 9.31. The van der Waals surface area contributed by atoms with Crippen LogP contribution in [-0.4, -0.2) is 78.6 Å². The molecule has 3 aromatic rings. The Bertz CT molecular complexity index is 1590. The number of alkyl halides is 3. The van der Waals surface area contributed by atoms with Crippen LogP contribution in [0.15, 0.2) is 57.4 Å². The Labute approximate surface area is 221 Å². The molecule has 8 nitrogen and oxygen atoms in total. The van der Waals surface area contributed by atoms with E-state index in [1.165, 1.54) is 28.6 Å². The second-order valence-corrected chi connectivity index (χ2v) is 12.3. The molecule has 0 aliphatic carbocycles. The Balaban J connectivity index is 1.38. The van der Waals surface area contributed by atoms with E-state index in [4.69, 9.17) is 0 Å². The highest BCUT2D eigenvalue weighted by Gasteiger charge is 2.34. The number of likely N-dealkylation sites (N-methyl/N-ethyl adjacent to an activating group) is 1. The largest absolute Gasteiger partial charge is 0.416 e. The van der Waals surface area contributed by atoms with Crippen molar-refractivity contribution in [3.05, 3.63) is 64.2 Å². The van der Waals surface area contributed by atoms with Gasteiger partial charge < -0.3 is 9.80 Å². The topological polar surface area (TPSA) is 87.9 Å². The first-order valence-electron chi connectivity index (χ1n) is 11.7. The van der Waals surface area contributed by atoms with E-state index in [2.05, 4.69) is 26.9 Å². The molecule has 2 aliphatic heterocycles. The number of carbonyl (C=O) groups excluding carboxylic acids is 1. The van der Waals surface area contributed by atoms with Crippen molar-refractivity contribution in [1.82, 2.24) is 19.6 Å². The highest BCUT2D eigenvalue weighted by Crippen LogP contribution is 2.35. The molecule has 0 bridgehead atoms. The van der Waals surface area contributed by atoms with Crippen molar-refractivity contribution >= 4 is 49.7 Å². The van der Waals surface area contributed by atoms with E-state index in [0.717, 1.165) is 38.0 Å². The lowest BCUT2D eigenvalue weighted by Gasteiger charge is -2.32. The zero-order valence-electron chi connectivity index (χ0n) is 20.6. The Morgan fingerprint density at radius 3 is 2.50 bits per heavy atom. The molecule has 2 aliphatic rings. The number of aliphatic imine (C=N–C) groups is 1. The molecule has 13 heteroatoms. The van der Waals surface area contributed by atoms with E-state index in [-0.39, 0.29) is 18.0 Å². The third-order valence-electron chi connectivity index (χ3n) is 6.48. The molecule has 1 saturated heterocycles. The average molecular weight is 564 g/mol. The van der Waals surface area contributed by atoms with Gasteiger partial charge >= 0.3 is 6.18 Å². The SMILES string of the molecule is CN1CCN(C2=NC(=O)C(=Cc3ccc4c(cnn4Cc4ccc(S(C)(=O)=O)cc4C(F)(F)F)c3)S2)CC1. The molecule has 0 unspecified atom stereocenters. The smallest absolute Gasteiger partial charge is 0.348 e. The van der Waals surface area contributed by atoms with Crippen LogP contribution in [0.5, 0.6) is 0 Å². The Morgan fingerprint density at radius 1 is 1.08 bits per heavy atom. The number of benzene rings is 2. The molecular formula is C25H24F3N5O3S2. The van der Waals surface area contributed by atoms with E-state index in [9.17, 15) is 26.4 Å². The number of amidine groups is 1. The number of aromatic nitrogens is 2. The lowest BCUT2D eigenvalue weighted by molar-refractivity contribution is -0.138. The van der Waals surface area contributed by atoms with Crippen LogP contribution in [0.4, 0.5) is 13.2 Å². The number of hydrogen-bond acceptors (Lipinski definition) is 7. The lowest BCUT2D eigenvalue weighted by atomic mass is 10.1. The molecule has 38 heavy (non-hydrogen) atoms. The van der Waals surface area contributed by atoms with Gasteiger partial charge in [0.1, 0.15) is 0 Å². The minimum absolute atomic E-state index is 0.0948. The fourth-order valence-corrected chi connectivity index (χ4v) is 5.97. The summed E-state index contributed by atoms with van der Waals surface area (Å²) in [6.45, 7) is 3.22. The zero-order chi connectivity index (χ0) is 27.2. The Kier molecular flexibility index (Phi) is 6.86. The number of carbonyl (C=O) groups is 1. The molecule has 0 atom stereocenters. The molecule has 2 aromatic carbocycles. The molecule has 1 amide bonds. The highest BCUT2D eigenvalue weighted by atomic mass is 32.2. The van der Waals surface area contributed by atoms with Gasteiger partial charge in [-0.05, 0) is 60.3 Å². The minimum Gasteiger partial charge on any atom is -0.348 e. The molecule has 5 rings (SSSR count). The van der Waals surface area contributed by atoms with Crippen molar-refractivity contribution in [2.75, 3.05) is 39.5 Å². The van der Waals surface area contributed by atoms with Crippen LogP contribution in [0.2, 0.25) is 0 Å². The van der Waals surface area contributed by atoms with Gasteiger partial charge in [0, 0.05) is 37.8 Å². The highest BCUT2D eigenvalue weighted by molar-refractivity contribution is 8.18. The Morgan fingerprint density at radius 2 is 1.82 bits per heavy atom. The number of nitrogens with zero attached hydrogens (tertiary/aromatic N) is 5. The summed E-state index contributed by atoms with van der Waals surface area (Å²) in [5.74, 6) is -0.294. The van der Waals surface area contributed by atoms with Gasteiger partial charge in [0.15, 0.2) is 15.0 Å². The molecule has 1 aromatic heterocycles. The number of rotatable bonds is 4. The van der Waals surface area contributed by atoms with Crippen LogP contribution >= 0.6 is 11.8 Å². The molecule has 200 valence electrons. The maximum absolute atomic E-state index is 13.7. The van der Waals surface area contributed by atoms with Gasteiger partial charge in [-0.1, -0.05) is 12.1 Å². The third-order valence-corrected chi connectivity index (χ3v) is 8.64. The first kappa shape index (κ1) is 26.4. The van der Waals surface area contributed by atoms with Crippen LogP contribution in [0, 0.1) is 0 Å². The number of sulfone groups is 1. The summed E-state index contributed by atoms with van der Waals surface area (Å²) in [6, 6.07) is 8.32. The van der Waals surface area contributed by atoms with Crippen LogP contribution in [-0.2, 0) is 27.4 Å². The summed E-state index contributed by atoms with van der Waals surface area (Å²) >= 11 is 1.34. The van der Waals surface area contributed by atoms with Gasteiger partial charge in [-0.25, -0.2) is 8.42 Å². The van der Waals surface area contributed by atoms with Gasteiger partial charge in [-0.2, -0.15) is 23.3 Å². The van der Waals surface area contributed by atoms with Crippen molar-refractivity contribution in [3.8, 4) is 0 Å². The minimum atomic E-state index is -4.73. The van der Waals surface area contributed by atoms with E-state index in [1.807, 2.05) is 6.07 Å². The first-order valence-corrected chi connectivity index (χ1v) is 14.4. The van der Waals surface area contributed by atoms with Crippen LogP contribution in [0.1, 0.15) is 16.7 Å². The molecule has 0 spiro atoms. The van der Waals surface area contributed by atoms with Crippen LogP contribution < -0.4 is 0 Å². The number of thioether (sulfide) groups is 1. The molecule has 0 saturated carbocycles. The summed E-state index contributed by atoms with van der Waals surface area (Å²) in [5.41, 5.74) is 0.240. The zero-order valence-corrected chi connectivity index (χ0v) is 22.2. The maximum Gasteiger partial charge on any atom is 0.416 e. The number of piperazine rings is 1. The van der Waals surface area contributed by atoms with E-state index >= 15 is 0 Å². The first-order chi connectivity index (χ1) is 17.9. The third kappa shape index (κ3) is 5.49. The van der Waals surface area contributed by atoms with Gasteiger partial charge in [0.2, 0.25) is 0 Å². The molecule has 0 N–H and O–H groups in total. The monoisotopic (exact) mass is 563 g/mol. The number of halogens is 3. The molecule has 0 radical (unpaired) electrons. The Hall–Kier alpha value is -3.16. The fraction of sp³-hybridized carbons (Fsp3) is 0.320. The fourth-order valence-electron chi connectivity index (χ4n) is 4.35. The summed E-state index contributed by atoms with van der Waals surface area (Å²) < 4.78 is 66.2. The van der Waals surface area contributed by atoms with Crippen molar-refractivity contribution in [3.63, 3.8) is 0 Å². The number of hydrogen-bond donors (Lipinski definition) is 0. The van der Waals surface area contributed by atoms with Crippen molar-refractivity contribution in [2.24, 2.45) is 4.99 Å². The van der Waals surface area contributed by atoms with Crippen LogP contribution in [0.3, 0.4) is 0 Å². The second kappa shape index (κ2) is 9.86. The van der Waals surface area contributed by atoms with Gasteiger partial charge in [-0.15, -0.1) is 0 Å². The van der Waals surface area contributed by atoms with Crippen molar-refractivity contribution < 1.29 is 26.4 Å². The quantitative estimate of drug-likeness (QED) is 0.447. The van der Waals surface area contributed by atoms with Crippen molar-refractivity contribution in [1.29, 1.82) is 0 Å². The van der Waals surface area contributed by atoms with Crippen molar-refractivity contribution in [2.45, 2.75) is 17.6 Å². The van der Waals surface area contributed by atoms with E-state index in [1.54, 1.807) is 24.4 Å². The normalized spacial score (nSPS) is 18.6. The maximum atomic E-state index is 13.7. The molecule has 1 fully saturated rings. The number of amides is 1. The molecule has 3 heterocycles. The van der Waals surface area contributed by atoms with Crippen LogP contribution in [0.25, 0.3) is 17.0 Å². The average Bonchev–Trinajstić information content (AvgIpc) is 3.41. The predicted molar refractivity (Wildman–Crippen MR) is 140 cm³/mol. The summed E-state index contributed by atoms with van der Waals surface area (Å²) in [7, 11) is -1.74. The summed E-state index contributed by atoms with van der Waals surface area (Å²) in [5, 5.41) is 5.65. The lowest BCUT2D eigenvalue weighted by Crippen LogP contribution is -2.46. The number of fused-ring (bicyclic) bond motifs is 1. The summed E-state index contributed by atoms with van der Waals surface area (Å²) in [4.78, 5) is 21.2. The van der Waals surface area contributed by atoms with Gasteiger partial charge in [0.25, 0.3) is 5.91 Å². The van der Waals surface area contributed by atoms with Gasteiger partial charge in [-0.3, -0.25) is 9.48 Å². The van der Waals surface area contributed by atoms with E-state index in [0.29, 0.717) is 27.0 Å².